The molecule has 130 valence electrons. The molecule has 1 aliphatic heterocycles. The third kappa shape index (κ3) is 3.63. The Morgan fingerprint density at radius 1 is 1.20 bits per heavy atom. The van der Waals surface area contributed by atoms with Crippen LogP contribution in [0.4, 0.5) is 14.5 Å². The van der Waals surface area contributed by atoms with E-state index in [0.717, 1.165) is 17.7 Å². The van der Waals surface area contributed by atoms with Crippen LogP contribution in [0.15, 0.2) is 48.5 Å². The summed E-state index contributed by atoms with van der Waals surface area (Å²) in [4.78, 5) is 14.2. The van der Waals surface area contributed by atoms with E-state index in [4.69, 9.17) is 4.74 Å². The molecule has 0 radical (unpaired) electrons. The van der Waals surface area contributed by atoms with Crippen LogP contribution in [0, 0.1) is 0 Å². The Morgan fingerprint density at radius 3 is 2.76 bits per heavy atom. The maximum absolute atomic E-state index is 12.6. The summed E-state index contributed by atoms with van der Waals surface area (Å²) in [5.41, 5.74) is 2.35. The lowest BCUT2D eigenvalue weighted by molar-refractivity contribution is -0.114. The van der Waals surface area contributed by atoms with Crippen molar-refractivity contribution in [2.45, 2.75) is 13.0 Å². The Kier molecular flexibility index (Phi) is 4.97. The Balaban J connectivity index is 1.84. The minimum Gasteiger partial charge on any atom is -0.493 e. The molecule has 6 heteroatoms. The first-order chi connectivity index (χ1) is 12.1. The smallest absolute Gasteiger partial charge is 0.387 e. The lowest BCUT2D eigenvalue weighted by Gasteiger charge is -2.15. The number of carbonyl (C=O) groups is 1. The van der Waals surface area contributed by atoms with Gasteiger partial charge >= 0.3 is 6.61 Å². The molecular formula is C19H17F2NO3. The quantitative estimate of drug-likeness (QED) is 0.772. The fourth-order valence-corrected chi connectivity index (χ4v) is 2.86. The summed E-state index contributed by atoms with van der Waals surface area (Å²) < 4.78 is 34.9. The largest absolute Gasteiger partial charge is 0.493 e. The molecule has 2 aromatic carbocycles. The van der Waals surface area contributed by atoms with Gasteiger partial charge in [-0.2, -0.15) is 8.78 Å². The Bertz CT molecular complexity index is 805. The first-order valence-electron chi connectivity index (χ1n) is 7.79. The fraction of sp³-hybridized carbons (Fsp3) is 0.211. The number of amides is 1. The molecule has 0 aromatic heterocycles. The standard InChI is InChI=1S/C19H17F2NO3/c1-24-16-8-4-6-14(18(16)25-19(20)21)9-10-17(23)22-12-11-13-5-2-3-7-15(13)22/h2-10,19H,11-12H2,1H3/b10-9+. The number of benzene rings is 2. The minimum atomic E-state index is -2.98. The molecule has 0 aliphatic carbocycles. The van der Waals surface area contributed by atoms with Gasteiger partial charge in [0.25, 0.3) is 5.91 Å². The molecule has 25 heavy (non-hydrogen) atoms. The molecule has 0 saturated heterocycles. The Hall–Kier alpha value is -2.89. The number of alkyl halides is 2. The van der Waals surface area contributed by atoms with Gasteiger partial charge < -0.3 is 14.4 Å². The van der Waals surface area contributed by atoms with Crippen LogP contribution in [0.3, 0.4) is 0 Å². The second kappa shape index (κ2) is 7.34. The second-order valence-corrected chi connectivity index (χ2v) is 5.46. The van der Waals surface area contributed by atoms with Crippen LogP contribution in [0.1, 0.15) is 11.1 Å². The van der Waals surface area contributed by atoms with Crippen LogP contribution in [0.5, 0.6) is 11.5 Å². The highest BCUT2D eigenvalue weighted by atomic mass is 19.3. The third-order valence-corrected chi connectivity index (χ3v) is 3.99. The maximum Gasteiger partial charge on any atom is 0.387 e. The van der Waals surface area contributed by atoms with Crippen molar-refractivity contribution in [1.29, 1.82) is 0 Å². The van der Waals surface area contributed by atoms with E-state index in [1.54, 1.807) is 17.0 Å². The van der Waals surface area contributed by atoms with E-state index >= 15 is 0 Å². The molecule has 0 bridgehead atoms. The van der Waals surface area contributed by atoms with Crippen LogP contribution in [0.2, 0.25) is 0 Å². The van der Waals surface area contributed by atoms with E-state index in [1.165, 1.54) is 25.3 Å². The van der Waals surface area contributed by atoms with E-state index < -0.39 is 6.61 Å². The van der Waals surface area contributed by atoms with Crippen molar-refractivity contribution in [2.24, 2.45) is 0 Å². The molecule has 4 nitrogen and oxygen atoms in total. The van der Waals surface area contributed by atoms with Crippen molar-refractivity contribution in [3.63, 3.8) is 0 Å². The summed E-state index contributed by atoms with van der Waals surface area (Å²) in [5.74, 6) is -0.122. The van der Waals surface area contributed by atoms with Gasteiger partial charge in [0.1, 0.15) is 0 Å². The van der Waals surface area contributed by atoms with Crippen LogP contribution < -0.4 is 14.4 Å². The van der Waals surface area contributed by atoms with Gasteiger partial charge in [0, 0.05) is 23.9 Å². The highest BCUT2D eigenvalue weighted by Crippen LogP contribution is 2.33. The summed E-state index contributed by atoms with van der Waals surface area (Å²) in [6.45, 7) is -2.38. The molecule has 2 aromatic rings. The number of rotatable bonds is 5. The molecule has 0 fully saturated rings. The van der Waals surface area contributed by atoms with E-state index in [9.17, 15) is 13.6 Å². The van der Waals surface area contributed by atoms with Crippen LogP contribution in [-0.4, -0.2) is 26.2 Å². The van der Waals surface area contributed by atoms with Gasteiger partial charge in [0.05, 0.1) is 7.11 Å². The van der Waals surface area contributed by atoms with Crippen molar-refractivity contribution in [1.82, 2.24) is 0 Å². The monoisotopic (exact) mass is 345 g/mol. The summed E-state index contributed by atoms with van der Waals surface area (Å²) in [6, 6.07) is 12.5. The average Bonchev–Trinajstić information content (AvgIpc) is 3.04. The third-order valence-electron chi connectivity index (χ3n) is 3.99. The predicted molar refractivity (Wildman–Crippen MR) is 91.2 cm³/mol. The zero-order valence-electron chi connectivity index (χ0n) is 13.6. The van der Waals surface area contributed by atoms with Gasteiger partial charge in [-0.3, -0.25) is 4.79 Å². The zero-order chi connectivity index (χ0) is 17.8. The highest BCUT2D eigenvalue weighted by Gasteiger charge is 2.22. The number of methoxy groups -OCH3 is 1. The molecular weight excluding hydrogens is 328 g/mol. The first-order valence-corrected chi connectivity index (χ1v) is 7.79. The summed E-state index contributed by atoms with van der Waals surface area (Å²) in [6.07, 6.45) is 3.62. The number of para-hydroxylation sites is 2. The van der Waals surface area contributed by atoms with Crippen LogP contribution in [-0.2, 0) is 11.2 Å². The molecule has 0 spiro atoms. The van der Waals surface area contributed by atoms with Crippen molar-refractivity contribution < 1.29 is 23.0 Å². The molecule has 1 amide bonds. The maximum atomic E-state index is 12.6. The SMILES string of the molecule is COc1cccc(/C=C/C(=O)N2CCc3ccccc32)c1OC(F)F. The molecule has 1 heterocycles. The number of fused-ring (bicyclic) bond motifs is 1. The van der Waals surface area contributed by atoms with Gasteiger partial charge in [0.2, 0.25) is 0 Å². The second-order valence-electron chi connectivity index (χ2n) is 5.46. The zero-order valence-corrected chi connectivity index (χ0v) is 13.6. The van der Waals surface area contributed by atoms with E-state index in [2.05, 4.69) is 4.74 Å². The van der Waals surface area contributed by atoms with E-state index in [0.29, 0.717) is 12.1 Å². The van der Waals surface area contributed by atoms with Crippen LogP contribution in [0.25, 0.3) is 6.08 Å². The number of ether oxygens (including phenoxy) is 2. The van der Waals surface area contributed by atoms with Crippen molar-refractivity contribution in [3.05, 3.63) is 59.7 Å². The lowest BCUT2D eigenvalue weighted by Crippen LogP contribution is -2.26. The van der Waals surface area contributed by atoms with Crippen molar-refractivity contribution in [2.75, 3.05) is 18.6 Å². The molecule has 3 rings (SSSR count). The molecule has 0 unspecified atom stereocenters. The summed E-state index contributed by atoms with van der Waals surface area (Å²) >= 11 is 0. The summed E-state index contributed by atoms with van der Waals surface area (Å²) in [5, 5.41) is 0. The van der Waals surface area contributed by atoms with E-state index in [1.807, 2.05) is 24.3 Å². The highest BCUT2D eigenvalue weighted by molar-refractivity contribution is 6.05. The number of carbonyl (C=O) groups excluding carboxylic acids is 1. The molecule has 0 N–H and O–H groups in total. The van der Waals surface area contributed by atoms with Crippen LogP contribution >= 0.6 is 0 Å². The molecule has 0 saturated carbocycles. The van der Waals surface area contributed by atoms with Gasteiger partial charge in [-0.15, -0.1) is 0 Å². The fourth-order valence-electron chi connectivity index (χ4n) is 2.86. The van der Waals surface area contributed by atoms with Gasteiger partial charge in [-0.25, -0.2) is 0 Å². The first kappa shape index (κ1) is 17.0. The number of anilines is 1. The number of hydrogen-bond donors (Lipinski definition) is 0. The Morgan fingerprint density at radius 2 is 2.00 bits per heavy atom. The number of nitrogens with zero attached hydrogens (tertiary/aromatic N) is 1. The van der Waals surface area contributed by atoms with Crippen molar-refractivity contribution in [3.8, 4) is 11.5 Å². The Labute approximate surface area is 144 Å². The topological polar surface area (TPSA) is 38.8 Å². The van der Waals surface area contributed by atoms with E-state index in [-0.39, 0.29) is 17.4 Å². The molecule has 1 aliphatic rings. The minimum absolute atomic E-state index is 0.0918. The number of halogens is 2. The predicted octanol–water partition coefficient (Wildman–Crippen LogP) is 3.90. The van der Waals surface area contributed by atoms with Gasteiger partial charge in [0.15, 0.2) is 11.5 Å². The normalized spacial score (nSPS) is 13.4. The number of hydrogen-bond acceptors (Lipinski definition) is 3. The lowest BCUT2D eigenvalue weighted by atomic mass is 10.1. The van der Waals surface area contributed by atoms with Crippen molar-refractivity contribution >= 4 is 17.7 Å². The van der Waals surface area contributed by atoms with Gasteiger partial charge in [-0.1, -0.05) is 30.3 Å². The summed E-state index contributed by atoms with van der Waals surface area (Å²) in [7, 11) is 1.37. The average molecular weight is 345 g/mol. The molecule has 0 atom stereocenters. The van der Waals surface area contributed by atoms with Gasteiger partial charge in [-0.05, 0) is 30.2 Å².